The predicted octanol–water partition coefficient (Wildman–Crippen LogP) is 7.20. The van der Waals surface area contributed by atoms with E-state index >= 15 is 0 Å². The van der Waals surface area contributed by atoms with Gasteiger partial charge in [-0.15, -0.1) is 0 Å². The van der Waals surface area contributed by atoms with Gasteiger partial charge in [-0.25, -0.2) is 14.0 Å². The Labute approximate surface area is 305 Å². The van der Waals surface area contributed by atoms with Crippen LogP contribution < -0.4 is 19.1 Å². The Hall–Kier alpha value is -4.58. The molecule has 4 heterocycles. The number of pyridine rings is 1. The summed E-state index contributed by atoms with van der Waals surface area (Å²) in [5, 5.41) is 12.1. The Morgan fingerprint density at radius 1 is 0.980 bits per heavy atom. The highest BCUT2D eigenvalue weighted by atomic mass is 35.5. The summed E-state index contributed by atoms with van der Waals surface area (Å²) in [7, 11) is 3.02. The van der Waals surface area contributed by atoms with Crippen molar-refractivity contribution in [2.24, 2.45) is 5.92 Å². The van der Waals surface area contributed by atoms with Crippen molar-refractivity contribution in [3.05, 3.63) is 122 Å². The second-order valence-electron chi connectivity index (χ2n) is 12.6. The number of rotatable bonds is 12. The molecular formula is C38H38Cl2FN3O7. The molecule has 0 spiro atoms. The molecule has 0 saturated carbocycles. The summed E-state index contributed by atoms with van der Waals surface area (Å²) in [6.45, 7) is 2.87. The molecule has 13 heteroatoms. The lowest BCUT2D eigenvalue weighted by molar-refractivity contribution is -0.605. The van der Waals surface area contributed by atoms with E-state index in [0.717, 1.165) is 31.5 Å². The van der Waals surface area contributed by atoms with Gasteiger partial charge in [0.05, 0.1) is 25.5 Å². The van der Waals surface area contributed by atoms with Gasteiger partial charge >= 0.3 is 12.1 Å². The second-order valence-corrected chi connectivity index (χ2v) is 13.4. The summed E-state index contributed by atoms with van der Waals surface area (Å²) in [6.07, 6.45) is 3.10. The first-order valence-corrected chi connectivity index (χ1v) is 17.4. The minimum atomic E-state index is -0.869. The van der Waals surface area contributed by atoms with Crippen LogP contribution >= 0.6 is 23.2 Å². The van der Waals surface area contributed by atoms with Crippen molar-refractivity contribution in [2.45, 2.75) is 37.9 Å². The van der Waals surface area contributed by atoms with Gasteiger partial charge < -0.3 is 24.2 Å². The number of aromatic nitrogens is 1. The first-order valence-electron chi connectivity index (χ1n) is 16.7. The molecule has 1 unspecified atom stereocenters. The van der Waals surface area contributed by atoms with Crippen LogP contribution in [0.15, 0.2) is 79.1 Å². The quantitative estimate of drug-likeness (QED) is 0.0855. The predicted molar refractivity (Wildman–Crippen MR) is 190 cm³/mol. The maximum Gasteiger partial charge on any atom is 0.414 e. The number of piperidine rings is 3. The fraction of sp³-hybridized carbons (Fsp3) is 0.342. The molecule has 10 nitrogen and oxygen atoms in total. The van der Waals surface area contributed by atoms with Crippen LogP contribution in [-0.4, -0.2) is 63.5 Å². The summed E-state index contributed by atoms with van der Waals surface area (Å²) >= 11 is 12.8. The van der Waals surface area contributed by atoms with Gasteiger partial charge in [-0.3, -0.25) is 9.80 Å². The maximum atomic E-state index is 15.0. The number of methoxy groups -OCH3 is 2. The number of esters is 1. The number of benzene rings is 3. The molecule has 2 bridgehead atoms. The van der Waals surface area contributed by atoms with Gasteiger partial charge in [0, 0.05) is 25.1 Å². The third-order valence-corrected chi connectivity index (χ3v) is 10.2. The molecule has 268 valence electrons. The lowest BCUT2D eigenvalue weighted by Crippen LogP contribution is -2.53. The van der Waals surface area contributed by atoms with Gasteiger partial charge in [-0.05, 0) is 85.8 Å². The van der Waals surface area contributed by atoms with Crippen LogP contribution in [-0.2, 0) is 22.3 Å². The van der Waals surface area contributed by atoms with Crippen molar-refractivity contribution in [1.82, 2.24) is 4.90 Å². The van der Waals surface area contributed by atoms with Crippen LogP contribution in [0.4, 0.5) is 14.9 Å². The monoisotopic (exact) mass is 737 g/mol. The molecule has 51 heavy (non-hydrogen) atoms. The first kappa shape index (κ1) is 36.2. The van der Waals surface area contributed by atoms with Crippen LogP contribution in [0.1, 0.15) is 46.0 Å². The van der Waals surface area contributed by atoms with E-state index in [0.29, 0.717) is 46.2 Å². The average Bonchev–Trinajstić information content (AvgIpc) is 3.13. The van der Waals surface area contributed by atoms with Gasteiger partial charge in [-0.2, -0.15) is 4.73 Å². The molecule has 7 rings (SSSR count). The molecule has 0 aliphatic carbocycles. The number of hydrogen-bond donors (Lipinski definition) is 0. The largest absolute Gasteiger partial charge is 0.619 e. The van der Waals surface area contributed by atoms with Crippen molar-refractivity contribution < 1.29 is 37.7 Å². The molecule has 0 N–H and O–H groups in total. The SMILES string of the molecule is COc1ccc(C(Cc2c(Cl)c[n+]([O-])cc2Cl)OC(=O)c2ccc(CCN(C(=O)O[C@H]3CN4CCC3CC4)c3ccccc3F)cc2)cc1OC. The normalized spacial score (nSPS) is 18.5. The van der Waals surface area contributed by atoms with Gasteiger partial charge in [0.15, 0.2) is 23.9 Å². The van der Waals surface area contributed by atoms with Crippen molar-refractivity contribution in [3.63, 3.8) is 0 Å². The highest BCUT2D eigenvalue weighted by Gasteiger charge is 2.37. The van der Waals surface area contributed by atoms with Crippen LogP contribution in [0.2, 0.25) is 10.0 Å². The number of fused-ring (bicyclic) bond motifs is 3. The fourth-order valence-corrected chi connectivity index (χ4v) is 7.25. The van der Waals surface area contributed by atoms with E-state index in [1.54, 1.807) is 60.7 Å². The maximum absolute atomic E-state index is 15.0. The third-order valence-electron chi connectivity index (χ3n) is 9.50. The number of nitrogens with zero attached hydrogens (tertiary/aromatic N) is 3. The Kier molecular flexibility index (Phi) is 11.5. The zero-order valence-corrected chi connectivity index (χ0v) is 29.7. The van der Waals surface area contributed by atoms with Crippen LogP contribution in [0.5, 0.6) is 11.5 Å². The van der Waals surface area contributed by atoms with Gasteiger partial charge in [-0.1, -0.05) is 53.5 Å². The summed E-state index contributed by atoms with van der Waals surface area (Å²) in [5.74, 6) is 0.103. The minimum absolute atomic E-state index is 0.0689. The number of ether oxygens (including phenoxy) is 4. The molecule has 3 aromatic carbocycles. The summed E-state index contributed by atoms with van der Waals surface area (Å²) in [6, 6.07) is 18.1. The van der Waals surface area contributed by atoms with Crippen molar-refractivity contribution in [2.75, 3.05) is 45.3 Å². The van der Waals surface area contributed by atoms with Gasteiger partial charge in [0.1, 0.15) is 28.1 Å². The summed E-state index contributed by atoms with van der Waals surface area (Å²) in [4.78, 5) is 30.7. The Bertz CT molecular complexity index is 1850. The lowest BCUT2D eigenvalue weighted by atomic mass is 9.86. The minimum Gasteiger partial charge on any atom is -0.619 e. The molecule has 4 aromatic rings. The van der Waals surface area contributed by atoms with E-state index in [-0.39, 0.29) is 40.4 Å². The van der Waals surface area contributed by atoms with Crippen molar-refractivity contribution in [3.8, 4) is 11.5 Å². The smallest absolute Gasteiger partial charge is 0.414 e. The van der Waals surface area contributed by atoms with Crippen molar-refractivity contribution in [1.29, 1.82) is 0 Å². The standard InChI is InChI=1S/C38H38Cl2FN3O7/c1-48-33-12-11-27(19-35(33)49-2)34(20-28-29(39)21-43(47)22-30(28)40)50-37(45)26-9-7-24(8-10-26)13-18-44(32-6-4-3-5-31(32)41)38(46)51-36-23-42-16-14-25(36)15-17-42/h3-12,19,21-22,25,34,36H,13-18,20,23H2,1-2H3/t34?,36-/m0/s1. The highest BCUT2D eigenvalue weighted by molar-refractivity contribution is 6.35. The van der Waals surface area contributed by atoms with E-state index in [1.807, 2.05) is 0 Å². The molecule has 0 radical (unpaired) electrons. The number of hydrogen-bond acceptors (Lipinski definition) is 8. The zero-order chi connectivity index (χ0) is 36.1. The third kappa shape index (κ3) is 8.49. The Balaban J connectivity index is 1.17. The molecule has 2 atom stereocenters. The summed E-state index contributed by atoms with van der Waals surface area (Å²) < 4.78 is 38.3. The van der Waals surface area contributed by atoms with Crippen LogP contribution in [0, 0.1) is 16.9 Å². The molecule has 3 aliphatic heterocycles. The second kappa shape index (κ2) is 16.2. The molecule has 3 saturated heterocycles. The van der Waals surface area contributed by atoms with Gasteiger partial charge in [0.25, 0.3) is 0 Å². The number of carbonyl (C=O) groups is 2. The van der Waals surface area contributed by atoms with Gasteiger partial charge in [0.2, 0.25) is 0 Å². The van der Waals surface area contributed by atoms with E-state index in [2.05, 4.69) is 4.90 Å². The molecule has 1 amide bonds. The van der Waals surface area contributed by atoms with E-state index in [4.69, 9.17) is 42.1 Å². The van der Waals surface area contributed by atoms with Crippen LogP contribution in [0.3, 0.4) is 0 Å². The molecule has 3 aliphatic rings. The number of amides is 1. The first-order chi connectivity index (χ1) is 24.6. The Morgan fingerprint density at radius 2 is 1.67 bits per heavy atom. The topological polar surface area (TPSA) is 104 Å². The van der Waals surface area contributed by atoms with Crippen molar-refractivity contribution >= 4 is 41.0 Å². The number of carbonyl (C=O) groups excluding carboxylic acids is 2. The van der Waals surface area contributed by atoms with Crippen LogP contribution in [0.25, 0.3) is 0 Å². The number of para-hydroxylation sites is 1. The molecule has 3 fully saturated rings. The average molecular weight is 739 g/mol. The van der Waals surface area contributed by atoms with E-state index in [1.165, 1.54) is 37.6 Å². The highest BCUT2D eigenvalue weighted by Crippen LogP contribution is 2.36. The zero-order valence-electron chi connectivity index (χ0n) is 28.2. The molecular weight excluding hydrogens is 700 g/mol. The number of halogens is 3. The van der Waals surface area contributed by atoms with E-state index in [9.17, 15) is 19.2 Å². The Morgan fingerprint density at radius 3 is 2.29 bits per heavy atom. The van der Waals surface area contributed by atoms with E-state index < -0.39 is 24.0 Å². The molecule has 1 aromatic heterocycles. The summed E-state index contributed by atoms with van der Waals surface area (Å²) in [5.41, 5.74) is 2.25. The number of anilines is 1. The lowest BCUT2D eigenvalue weighted by Gasteiger charge is -2.44. The fourth-order valence-electron chi connectivity index (χ4n) is 6.66.